The molecule has 0 aliphatic carbocycles. The summed E-state index contributed by atoms with van der Waals surface area (Å²) in [6.45, 7) is 3.68. The predicted octanol–water partition coefficient (Wildman–Crippen LogP) is 1.17. The summed E-state index contributed by atoms with van der Waals surface area (Å²) in [5.41, 5.74) is 0.947. The minimum absolute atomic E-state index is 0.223. The molecule has 5 nitrogen and oxygen atoms in total. The molecule has 0 amide bonds. The summed E-state index contributed by atoms with van der Waals surface area (Å²) in [6, 6.07) is 2.10. The van der Waals surface area contributed by atoms with Gasteiger partial charge in [0.25, 0.3) is 0 Å². The number of morpholine rings is 1. The first-order valence-corrected chi connectivity index (χ1v) is 5.34. The molecule has 1 aliphatic rings. The SMILES string of the molecule is Cc1cnc(Cl)nc1N1CCOC(C#N)C1. The van der Waals surface area contributed by atoms with Crippen LogP contribution in [0.2, 0.25) is 5.28 Å². The van der Waals surface area contributed by atoms with Crippen molar-refractivity contribution in [3.05, 3.63) is 17.0 Å². The molecule has 1 aromatic rings. The lowest BCUT2D eigenvalue weighted by molar-refractivity contribution is 0.0761. The van der Waals surface area contributed by atoms with Crippen molar-refractivity contribution in [1.29, 1.82) is 5.26 Å². The molecule has 0 aromatic carbocycles. The molecule has 0 bridgehead atoms. The third-order valence-corrected chi connectivity index (χ3v) is 2.61. The van der Waals surface area contributed by atoms with Crippen LogP contribution in [0.5, 0.6) is 0 Å². The average molecular weight is 239 g/mol. The highest BCUT2D eigenvalue weighted by molar-refractivity contribution is 6.28. The number of rotatable bonds is 1. The Bertz CT molecular complexity index is 431. The third-order valence-electron chi connectivity index (χ3n) is 2.43. The van der Waals surface area contributed by atoms with E-state index in [9.17, 15) is 0 Å². The summed E-state index contributed by atoms with van der Waals surface area (Å²) < 4.78 is 5.27. The van der Waals surface area contributed by atoms with Crippen molar-refractivity contribution in [3.63, 3.8) is 0 Å². The summed E-state index contributed by atoms with van der Waals surface area (Å²) in [5.74, 6) is 0.781. The molecule has 0 spiro atoms. The van der Waals surface area contributed by atoms with Crippen molar-refractivity contribution in [2.75, 3.05) is 24.6 Å². The van der Waals surface area contributed by atoms with Gasteiger partial charge < -0.3 is 9.64 Å². The number of hydrogen-bond acceptors (Lipinski definition) is 5. The number of aryl methyl sites for hydroxylation is 1. The maximum absolute atomic E-state index is 8.82. The first-order valence-electron chi connectivity index (χ1n) is 4.96. The monoisotopic (exact) mass is 238 g/mol. The molecule has 1 fully saturated rings. The molecular formula is C10H11ClN4O. The van der Waals surface area contributed by atoms with Crippen LogP contribution in [0.4, 0.5) is 5.82 Å². The van der Waals surface area contributed by atoms with Gasteiger partial charge in [0, 0.05) is 18.3 Å². The van der Waals surface area contributed by atoms with Crippen LogP contribution in [-0.4, -0.2) is 35.8 Å². The van der Waals surface area contributed by atoms with Gasteiger partial charge in [0.15, 0.2) is 6.10 Å². The van der Waals surface area contributed by atoms with Gasteiger partial charge in [0.1, 0.15) is 5.82 Å². The lowest BCUT2D eigenvalue weighted by Crippen LogP contribution is -2.42. The third kappa shape index (κ3) is 2.23. The fourth-order valence-corrected chi connectivity index (χ4v) is 1.78. The van der Waals surface area contributed by atoms with Gasteiger partial charge in [-0.3, -0.25) is 0 Å². The summed E-state index contributed by atoms with van der Waals surface area (Å²) >= 11 is 5.76. The summed E-state index contributed by atoms with van der Waals surface area (Å²) in [4.78, 5) is 10.1. The molecule has 1 atom stereocenters. The van der Waals surface area contributed by atoms with E-state index in [1.165, 1.54) is 0 Å². The summed E-state index contributed by atoms with van der Waals surface area (Å²) in [7, 11) is 0. The van der Waals surface area contributed by atoms with Crippen LogP contribution in [0.15, 0.2) is 6.20 Å². The minimum atomic E-state index is -0.401. The minimum Gasteiger partial charge on any atom is -0.360 e. The first kappa shape index (κ1) is 11.1. The zero-order valence-electron chi connectivity index (χ0n) is 8.85. The van der Waals surface area contributed by atoms with E-state index in [4.69, 9.17) is 21.6 Å². The van der Waals surface area contributed by atoms with Crippen LogP contribution in [0, 0.1) is 18.3 Å². The van der Waals surface area contributed by atoms with E-state index in [0.717, 1.165) is 11.4 Å². The number of aromatic nitrogens is 2. The topological polar surface area (TPSA) is 62.0 Å². The van der Waals surface area contributed by atoms with Crippen LogP contribution in [0.3, 0.4) is 0 Å². The Morgan fingerprint density at radius 3 is 3.25 bits per heavy atom. The molecule has 2 heterocycles. The lowest BCUT2D eigenvalue weighted by Gasteiger charge is -2.31. The van der Waals surface area contributed by atoms with Crippen LogP contribution in [0.1, 0.15) is 5.56 Å². The molecular weight excluding hydrogens is 228 g/mol. The Hall–Kier alpha value is -1.38. The number of nitriles is 1. The van der Waals surface area contributed by atoms with Crippen molar-refractivity contribution in [1.82, 2.24) is 9.97 Å². The first-order chi connectivity index (χ1) is 7.70. The fraction of sp³-hybridized carbons (Fsp3) is 0.500. The van der Waals surface area contributed by atoms with Crippen molar-refractivity contribution in [3.8, 4) is 6.07 Å². The lowest BCUT2D eigenvalue weighted by atomic mass is 10.2. The molecule has 1 unspecified atom stereocenters. The van der Waals surface area contributed by atoms with Gasteiger partial charge >= 0.3 is 0 Å². The van der Waals surface area contributed by atoms with E-state index >= 15 is 0 Å². The molecule has 1 aliphatic heterocycles. The Morgan fingerprint density at radius 1 is 1.69 bits per heavy atom. The molecule has 0 radical (unpaired) electrons. The number of anilines is 1. The fourth-order valence-electron chi connectivity index (χ4n) is 1.65. The molecule has 16 heavy (non-hydrogen) atoms. The zero-order valence-corrected chi connectivity index (χ0v) is 9.61. The van der Waals surface area contributed by atoms with Crippen molar-refractivity contribution >= 4 is 17.4 Å². The molecule has 0 N–H and O–H groups in total. The van der Waals surface area contributed by atoms with E-state index in [0.29, 0.717) is 19.7 Å². The summed E-state index contributed by atoms with van der Waals surface area (Å²) in [6.07, 6.45) is 1.28. The van der Waals surface area contributed by atoms with E-state index in [1.54, 1.807) is 6.20 Å². The van der Waals surface area contributed by atoms with Gasteiger partial charge in [-0.25, -0.2) is 9.97 Å². The Labute approximate surface area is 98.6 Å². The normalized spacial score (nSPS) is 20.6. The quantitative estimate of drug-likeness (QED) is 0.688. The highest BCUT2D eigenvalue weighted by atomic mass is 35.5. The molecule has 84 valence electrons. The smallest absolute Gasteiger partial charge is 0.224 e. The Balaban J connectivity index is 2.23. The van der Waals surface area contributed by atoms with Gasteiger partial charge in [0.2, 0.25) is 5.28 Å². The van der Waals surface area contributed by atoms with Crippen molar-refractivity contribution < 1.29 is 4.74 Å². The van der Waals surface area contributed by atoms with Crippen LogP contribution >= 0.6 is 11.6 Å². The highest BCUT2D eigenvalue weighted by Crippen LogP contribution is 2.20. The van der Waals surface area contributed by atoms with Crippen molar-refractivity contribution in [2.24, 2.45) is 0 Å². The van der Waals surface area contributed by atoms with Gasteiger partial charge in [-0.2, -0.15) is 5.26 Å². The largest absolute Gasteiger partial charge is 0.360 e. The molecule has 1 aromatic heterocycles. The Morgan fingerprint density at radius 2 is 2.50 bits per heavy atom. The highest BCUT2D eigenvalue weighted by Gasteiger charge is 2.22. The maximum Gasteiger partial charge on any atom is 0.224 e. The molecule has 6 heteroatoms. The second-order valence-electron chi connectivity index (χ2n) is 3.58. The van der Waals surface area contributed by atoms with Crippen LogP contribution < -0.4 is 4.90 Å². The van der Waals surface area contributed by atoms with Gasteiger partial charge in [-0.05, 0) is 18.5 Å². The van der Waals surface area contributed by atoms with E-state index in [-0.39, 0.29) is 5.28 Å². The molecule has 2 rings (SSSR count). The van der Waals surface area contributed by atoms with Gasteiger partial charge in [0.05, 0.1) is 19.2 Å². The van der Waals surface area contributed by atoms with Crippen molar-refractivity contribution in [2.45, 2.75) is 13.0 Å². The molecule has 0 saturated carbocycles. The Kier molecular flexibility index (Phi) is 3.22. The van der Waals surface area contributed by atoms with Gasteiger partial charge in [-0.15, -0.1) is 0 Å². The molecule has 1 saturated heterocycles. The van der Waals surface area contributed by atoms with E-state index < -0.39 is 6.10 Å². The zero-order chi connectivity index (χ0) is 11.5. The maximum atomic E-state index is 8.82. The number of ether oxygens (including phenoxy) is 1. The second kappa shape index (κ2) is 4.64. The van der Waals surface area contributed by atoms with E-state index in [1.807, 2.05) is 11.8 Å². The second-order valence-corrected chi connectivity index (χ2v) is 3.92. The van der Waals surface area contributed by atoms with E-state index in [2.05, 4.69) is 16.0 Å². The number of halogens is 1. The summed E-state index contributed by atoms with van der Waals surface area (Å²) in [5, 5.41) is 9.04. The van der Waals surface area contributed by atoms with Crippen LogP contribution in [0.25, 0.3) is 0 Å². The average Bonchev–Trinajstić information content (AvgIpc) is 2.32. The van der Waals surface area contributed by atoms with Crippen LogP contribution in [-0.2, 0) is 4.74 Å². The number of nitrogens with zero attached hydrogens (tertiary/aromatic N) is 4. The van der Waals surface area contributed by atoms with Gasteiger partial charge in [-0.1, -0.05) is 0 Å². The predicted molar refractivity (Wildman–Crippen MR) is 59.3 cm³/mol. The standard InChI is InChI=1S/C10H11ClN4O/c1-7-5-13-10(11)14-9(7)15-2-3-16-8(4-12)6-15/h5,8H,2-3,6H2,1H3. The number of hydrogen-bond donors (Lipinski definition) is 0.